The van der Waals surface area contributed by atoms with Gasteiger partial charge in [-0.05, 0) is 105 Å². The van der Waals surface area contributed by atoms with Gasteiger partial charge in [0.05, 0.1) is 50.5 Å². The van der Waals surface area contributed by atoms with Crippen LogP contribution in [-0.4, -0.2) is 122 Å². The largest absolute Gasteiger partial charge is 0.459 e. The topological polar surface area (TPSA) is 158 Å². The highest BCUT2D eigenvalue weighted by molar-refractivity contribution is 7.98. The van der Waals surface area contributed by atoms with Crippen molar-refractivity contribution in [3.05, 3.63) is 72.3 Å². The molecular formula is C46H63ClN2O11S. The van der Waals surface area contributed by atoms with Crippen LogP contribution in [0.3, 0.4) is 0 Å². The number of carbonyl (C=O) groups excluding carboxylic acids is 1. The molecule has 61 heavy (non-hydrogen) atoms. The van der Waals surface area contributed by atoms with E-state index in [0.29, 0.717) is 48.8 Å². The average molecular weight is 888 g/mol. The molecule has 1 amide bonds. The molecular weight excluding hydrogens is 824 g/mol. The van der Waals surface area contributed by atoms with E-state index in [1.54, 1.807) is 22.7 Å². The number of aliphatic hydroxyl groups excluding tert-OH is 3. The number of fused-ring (bicyclic) bond motifs is 2. The molecule has 4 aliphatic rings. The fourth-order valence-electron chi connectivity index (χ4n) is 9.32. The summed E-state index contributed by atoms with van der Waals surface area (Å²) in [6, 6.07) is 13.0. The van der Waals surface area contributed by atoms with Gasteiger partial charge in [-0.1, -0.05) is 30.1 Å². The lowest BCUT2D eigenvalue weighted by atomic mass is 9.55. The van der Waals surface area contributed by atoms with Crippen LogP contribution < -0.4 is 9.47 Å². The van der Waals surface area contributed by atoms with Gasteiger partial charge in [-0.3, -0.25) is 4.90 Å². The monoisotopic (exact) mass is 886 g/mol. The van der Waals surface area contributed by atoms with E-state index < -0.39 is 30.1 Å². The van der Waals surface area contributed by atoms with E-state index >= 15 is 0 Å². The first-order valence-corrected chi connectivity index (χ1v) is 23.5. The van der Waals surface area contributed by atoms with E-state index in [9.17, 15) is 20.1 Å². The van der Waals surface area contributed by atoms with Crippen LogP contribution in [0, 0.1) is 17.8 Å². The number of aliphatic hydroxyl groups is 3. The molecule has 2 fully saturated rings. The molecule has 1 saturated carbocycles. The number of rotatable bonds is 24. The first-order chi connectivity index (χ1) is 29.9. The highest BCUT2D eigenvalue weighted by Gasteiger charge is 2.65. The van der Waals surface area contributed by atoms with Crippen molar-refractivity contribution in [1.29, 1.82) is 0 Å². The second-order valence-corrected chi connectivity index (χ2v) is 17.0. The van der Waals surface area contributed by atoms with Gasteiger partial charge in [-0.2, -0.15) is 0 Å². The Morgan fingerprint density at radius 2 is 1.80 bits per heavy atom. The van der Waals surface area contributed by atoms with Crippen LogP contribution in [0.5, 0.6) is 17.2 Å². The van der Waals surface area contributed by atoms with Crippen molar-refractivity contribution in [1.82, 2.24) is 4.90 Å². The highest BCUT2D eigenvalue weighted by atomic mass is 35.5. The average Bonchev–Trinajstić information content (AvgIpc) is 3.29. The predicted molar refractivity (Wildman–Crippen MR) is 235 cm³/mol. The number of halogens is 1. The third-order valence-corrected chi connectivity index (χ3v) is 12.9. The minimum absolute atomic E-state index is 0.0170. The van der Waals surface area contributed by atoms with Crippen molar-refractivity contribution >= 4 is 35.2 Å². The molecule has 7 unspecified atom stereocenters. The van der Waals surface area contributed by atoms with E-state index in [1.165, 1.54) is 0 Å². The second kappa shape index (κ2) is 23.9. The molecule has 13 nitrogen and oxygen atoms in total. The Morgan fingerprint density at radius 3 is 2.51 bits per heavy atom. The summed E-state index contributed by atoms with van der Waals surface area (Å²) < 4.78 is 38.3. The first kappa shape index (κ1) is 47.1. The van der Waals surface area contributed by atoms with Gasteiger partial charge in [0.15, 0.2) is 0 Å². The second-order valence-electron chi connectivity index (χ2n) is 15.8. The van der Waals surface area contributed by atoms with Crippen LogP contribution in [0.1, 0.15) is 75.7 Å². The fourth-order valence-corrected chi connectivity index (χ4v) is 9.81. The maximum Gasteiger partial charge on any atom is 0.410 e. The van der Waals surface area contributed by atoms with Crippen LogP contribution >= 0.6 is 23.4 Å². The standard InChI is InChI=1S/C46H63ClN2O11S/c1-3-24-57-46-41(49(20-27-54-28-23-52)45(53)56-26-19-47)31-39(48-60-42-12-6-9-25-55-42)37-29-32(10-4-7-21-50)36(11-5-8-22-51)43(44(37)46)38-30-34(15-18-40(38)59-46)58-33-13-16-35(61-2)17-14-33/h3,13-18,29-30,32,36,41-44,50-52H,1,4-12,19-28,31H2,2H3. The summed E-state index contributed by atoms with van der Waals surface area (Å²) in [4.78, 5) is 23.2. The van der Waals surface area contributed by atoms with Crippen LogP contribution in [0.2, 0.25) is 0 Å². The van der Waals surface area contributed by atoms with Gasteiger partial charge in [0.1, 0.15) is 29.9 Å². The maximum atomic E-state index is 14.3. The molecule has 0 bridgehead atoms. The number of ether oxygens (including phenoxy) is 6. The zero-order valence-electron chi connectivity index (χ0n) is 35.3. The smallest absolute Gasteiger partial charge is 0.410 e. The van der Waals surface area contributed by atoms with E-state index in [4.69, 9.17) is 50.0 Å². The SMILES string of the molecule is C=CCOC12Oc3ccc(Oc4ccc(SC)cc4)cc3C3C(CCCCO)C(CCCCO)C=C(C(=NOC4CCCCO4)CC1N(CCOCCO)C(=O)OCCCl)C32. The summed E-state index contributed by atoms with van der Waals surface area (Å²) in [5, 5.41) is 34.3. The summed E-state index contributed by atoms with van der Waals surface area (Å²) >= 11 is 7.71. The Hall–Kier alpha value is -3.34. The molecule has 2 aromatic carbocycles. The van der Waals surface area contributed by atoms with E-state index in [1.807, 2.05) is 42.7 Å². The molecule has 336 valence electrons. The molecule has 0 radical (unpaired) electrons. The number of allylic oxidation sites excluding steroid dienone is 1. The number of nitrogens with zero attached hydrogens (tertiary/aromatic N) is 2. The fraction of sp³-hybridized carbons (Fsp3) is 0.609. The van der Waals surface area contributed by atoms with E-state index in [0.717, 1.165) is 54.6 Å². The zero-order valence-corrected chi connectivity index (χ0v) is 36.9. The van der Waals surface area contributed by atoms with Crippen molar-refractivity contribution < 1.29 is 53.4 Å². The molecule has 0 aromatic heterocycles. The maximum absolute atomic E-state index is 14.3. The van der Waals surface area contributed by atoms with Gasteiger partial charge in [0.25, 0.3) is 0 Å². The highest BCUT2D eigenvalue weighted by Crippen LogP contribution is 2.62. The number of carbonyl (C=O) groups is 1. The van der Waals surface area contributed by atoms with Crippen LogP contribution in [0.15, 0.2) is 76.8 Å². The minimum atomic E-state index is -1.49. The van der Waals surface area contributed by atoms with Crippen molar-refractivity contribution in [3.8, 4) is 17.2 Å². The molecule has 2 aromatic rings. The van der Waals surface area contributed by atoms with Gasteiger partial charge in [0.2, 0.25) is 12.1 Å². The number of benzene rings is 2. The summed E-state index contributed by atoms with van der Waals surface area (Å²) in [5.74, 6) is -0.143. The van der Waals surface area contributed by atoms with Gasteiger partial charge in [0, 0.05) is 49.0 Å². The van der Waals surface area contributed by atoms with E-state index in [-0.39, 0.29) is 82.8 Å². The number of hydrogen-bond donors (Lipinski definition) is 3. The van der Waals surface area contributed by atoms with E-state index in [2.05, 4.69) is 18.7 Å². The zero-order chi connectivity index (χ0) is 43.0. The van der Waals surface area contributed by atoms with Gasteiger partial charge >= 0.3 is 6.09 Å². The Kier molecular flexibility index (Phi) is 18.5. The molecule has 3 N–H and O–H groups in total. The minimum Gasteiger partial charge on any atom is -0.459 e. The summed E-state index contributed by atoms with van der Waals surface area (Å²) in [6.45, 7) is 4.96. The number of amides is 1. The summed E-state index contributed by atoms with van der Waals surface area (Å²) in [7, 11) is 0. The van der Waals surface area contributed by atoms with Crippen LogP contribution in [0.25, 0.3) is 0 Å². The molecule has 0 spiro atoms. The lowest BCUT2D eigenvalue weighted by molar-refractivity contribution is -0.256. The quantitative estimate of drug-likeness (QED) is 0.0307. The first-order valence-electron chi connectivity index (χ1n) is 21.8. The molecule has 2 aliphatic heterocycles. The van der Waals surface area contributed by atoms with Gasteiger partial charge in [-0.15, -0.1) is 29.9 Å². The number of alkyl halides is 1. The number of oxime groups is 1. The third kappa shape index (κ3) is 11.6. The van der Waals surface area contributed by atoms with Crippen molar-refractivity contribution in [3.63, 3.8) is 0 Å². The Morgan fingerprint density at radius 1 is 1.02 bits per heavy atom. The van der Waals surface area contributed by atoms with Crippen LogP contribution in [-0.2, 0) is 23.8 Å². The Bertz CT molecular complexity index is 1760. The third-order valence-electron chi connectivity index (χ3n) is 12.0. The Balaban J connectivity index is 1.56. The van der Waals surface area contributed by atoms with Crippen molar-refractivity contribution in [2.45, 2.75) is 93.1 Å². The summed E-state index contributed by atoms with van der Waals surface area (Å²) in [5.41, 5.74) is 2.49. The molecule has 15 heteroatoms. The normalized spacial score (nSPS) is 26.0. The lowest BCUT2D eigenvalue weighted by Crippen LogP contribution is -2.70. The molecule has 6 rings (SSSR count). The summed E-state index contributed by atoms with van der Waals surface area (Å²) in [6.07, 6.45) is 12.2. The lowest BCUT2D eigenvalue weighted by Gasteiger charge is -2.59. The van der Waals surface area contributed by atoms with Crippen molar-refractivity contribution in [2.75, 3.05) is 71.5 Å². The molecule has 2 aliphatic carbocycles. The van der Waals surface area contributed by atoms with Gasteiger partial charge in [-0.25, -0.2) is 4.79 Å². The molecule has 2 heterocycles. The van der Waals surface area contributed by atoms with Crippen LogP contribution in [0.4, 0.5) is 4.79 Å². The number of hydrogen-bond acceptors (Lipinski definition) is 13. The number of thioether (sulfide) groups is 1. The molecule has 7 atom stereocenters. The predicted octanol–water partition coefficient (Wildman–Crippen LogP) is 8.05. The molecule has 1 saturated heterocycles. The Labute approximate surface area is 369 Å². The van der Waals surface area contributed by atoms with Gasteiger partial charge < -0.3 is 48.6 Å². The number of unbranched alkanes of at least 4 members (excludes halogenated alkanes) is 2. The van der Waals surface area contributed by atoms with Crippen molar-refractivity contribution in [2.24, 2.45) is 22.9 Å².